The standard InChI is InChI=1S/C20H17N5O3S/c26-18-12-5-1-2-6-13(12)21-20(23-18)25-17(22-19(27)16-8-4-10-29-16)11-14(24-25)15-7-3-9-28-15/h3-4,7-11H,1-2,5-6H2,(H,22,27)(H,21,23,26). The molecule has 0 fully saturated rings. The number of carbonyl (C=O) groups is 1. The van der Waals surface area contributed by atoms with E-state index in [9.17, 15) is 9.59 Å². The number of thiophene rings is 1. The number of aryl methyl sites for hydroxylation is 1. The van der Waals surface area contributed by atoms with Gasteiger partial charge in [0.05, 0.1) is 16.8 Å². The number of fused-ring (bicyclic) bond motifs is 1. The molecule has 2 N–H and O–H groups in total. The van der Waals surface area contributed by atoms with Crippen LogP contribution < -0.4 is 10.9 Å². The van der Waals surface area contributed by atoms with Crippen LogP contribution in [0.2, 0.25) is 0 Å². The van der Waals surface area contributed by atoms with Gasteiger partial charge in [-0.1, -0.05) is 6.07 Å². The van der Waals surface area contributed by atoms with Crippen molar-refractivity contribution in [3.63, 3.8) is 0 Å². The monoisotopic (exact) mass is 407 g/mol. The van der Waals surface area contributed by atoms with Gasteiger partial charge in [-0.05, 0) is 49.3 Å². The Kier molecular flexibility index (Phi) is 4.36. The van der Waals surface area contributed by atoms with E-state index >= 15 is 0 Å². The minimum atomic E-state index is -0.257. The summed E-state index contributed by atoms with van der Waals surface area (Å²) in [5.41, 5.74) is 1.90. The molecule has 0 atom stereocenters. The number of amides is 1. The summed E-state index contributed by atoms with van der Waals surface area (Å²) < 4.78 is 6.88. The third-order valence-electron chi connectivity index (χ3n) is 4.85. The van der Waals surface area contributed by atoms with Crippen molar-refractivity contribution in [3.05, 3.63) is 68.5 Å². The van der Waals surface area contributed by atoms with Gasteiger partial charge in [0.2, 0.25) is 5.95 Å². The first-order chi connectivity index (χ1) is 14.2. The molecule has 0 saturated heterocycles. The smallest absolute Gasteiger partial charge is 0.266 e. The number of carbonyl (C=O) groups excluding carboxylic acids is 1. The van der Waals surface area contributed by atoms with E-state index in [1.165, 1.54) is 16.0 Å². The highest BCUT2D eigenvalue weighted by Crippen LogP contribution is 2.25. The van der Waals surface area contributed by atoms with Gasteiger partial charge in [-0.25, -0.2) is 4.98 Å². The lowest BCUT2D eigenvalue weighted by molar-refractivity contribution is 0.103. The van der Waals surface area contributed by atoms with Gasteiger partial charge in [0.1, 0.15) is 11.5 Å². The fourth-order valence-electron chi connectivity index (χ4n) is 3.45. The average molecular weight is 407 g/mol. The summed E-state index contributed by atoms with van der Waals surface area (Å²) in [4.78, 5) is 33.2. The molecule has 9 heteroatoms. The second kappa shape index (κ2) is 7.17. The van der Waals surface area contributed by atoms with Gasteiger partial charge in [0.25, 0.3) is 11.5 Å². The third-order valence-corrected chi connectivity index (χ3v) is 5.72. The van der Waals surface area contributed by atoms with Crippen LogP contribution >= 0.6 is 11.3 Å². The number of rotatable bonds is 4. The Labute approximate surface area is 169 Å². The minimum absolute atomic E-state index is 0.157. The van der Waals surface area contributed by atoms with E-state index in [4.69, 9.17) is 4.42 Å². The van der Waals surface area contributed by atoms with Crippen LogP contribution in [0.5, 0.6) is 0 Å². The summed E-state index contributed by atoms with van der Waals surface area (Å²) in [5.74, 6) is 0.965. The molecule has 4 heterocycles. The van der Waals surface area contributed by atoms with Crippen molar-refractivity contribution in [1.82, 2.24) is 19.7 Å². The van der Waals surface area contributed by atoms with E-state index in [0.717, 1.165) is 36.9 Å². The lowest BCUT2D eigenvalue weighted by Crippen LogP contribution is -2.24. The van der Waals surface area contributed by atoms with Crippen molar-refractivity contribution in [2.45, 2.75) is 25.7 Å². The first kappa shape index (κ1) is 17.6. The van der Waals surface area contributed by atoms with Crippen LogP contribution in [0.25, 0.3) is 17.4 Å². The van der Waals surface area contributed by atoms with Gasteiger partial charge < -0.3 is 9.73 Å². The Balaban J connectivity index is 1.60. The summed E-state index contributed by atoms with van der Waals surface area (Å²) in [7, 11) is 0. The van der Waals surface area contributed by atoms with Crippen molar-refractivity contribution >= 4 is 23.1 Å². The summed E-state index contributed by atoms with van der Waals surface area (Å²) in [6, 6.07) is 8.79. The molecule has 5 rings (SSSR count). The molecule has 0 aromatic carbocycles. The lowest BCUT2D eigenvalue weighted by atomic mass is 9.97. The molecule has 1 aliphatic carbocycles. The number of aromatic nitrogens is 4. The van der Waals surface area contributed by atoms with Crippen molar-refractivity contribution < 1.29 is 9.21 Å². The second-order valence-corrected chi connectivity index (χ2v) is 7.70. The summed E-state index contributed by atoms with van der Waals surface area (Å²) in [5, 5.41) is 9.22. The van der Waals surface area contributed by atoms with E-state index in [1.807, 2.05) is 11.4 Å². The second-order valence-electron chi connectivity index (χ2n) is 6.76. The number of H-pyrrole nitrogens is 1. The normalized spacial score (nSPS) is 13.2. The number of hydrogen-bond acceptors (Lipinski definition) is 6. The Morgan fingerprint density at radius 1 is 1.24 bits per heavy atom. The maximum atomic E-state index is 12.6. The van der Waals surface area contributed by atoms with Crippen LogP contribution in [-0.2, 0) is 12.8 Å². The number of anilines is 1. The topological polar surface area (TPSA) is 106 Å². The van der Waals surface area contributed by atoms with Gasteiger partial charge in [0, 0.05) is 11.6 Å². The molecule has 0 saturated carbocycles. The molecule has 29 heavy (non-hydrogen) atoms. The van der Waals surface area contributed by atoms with Crippen LogP contribution in [0.4, 0.5) is 5.82 Å². The fourth-order valence-corrected chi connectivity index (χ4v) is 4.07. The fraction of sp³-hybridized carbons (Fsp3) is 0.200. The molecule has 8 nitrogen and oxygen atoms in total. The van der Waals surface area contributed by atoms with E-state index < -0.39 is 0 Å². The van der Waals surface area contributed by atoms with Crippen LogP contribution in [0.1, 0.15) is 33.8 Å². The summed E-state index contributed by atoms with van der Waals surface area (Å²) in [6.45, 7) is 0. The Hall–Kier alpha value is -3.46. The van der Waals surface area contributed by atoms with E-state index in [-0.39, 0.29) is 17.4 Å². The molecule has 4 aromatic rings. The van der Waals surface area contributed by atoms with E-state index in [2.05, 4.69) is 20.4 Å². The van der Waals surface area contributed by atoms with Crippen LogP contribution in [0.15, 0.2) is 51.2 Å². The van der Waals surface area contributed by atoms with Gasteiger partial charge in [-0.15, -0.1) is 11.3 Å². The van der Waals surface area contributed by atoms with Gasteiger partial charge in [-0.2, -0.15) is 9.78 Å². The molecule has 0 spiro atoms. The van der Waals surface area contributed by atoms with Gasteiger partial charge in [0.15, 0.2) is 5.76 Å². The highest BCUT2D eigenvalue weighted by Gasteiger charge is 2.21. The number of hydrogen-bond donors (Lipinski definition) is 2. The Morgan fingerprint density at radius 3 is 2.93 bits per heavy atom. The molecule has 0 radical (unpaired) electrons. The van der Waals surface area contributed by atoms with Crippen LogP contribution in [-0.4, -0.2) is 25.7 Å². The zero-order chi connectivity index (χ0) is 19.8. The lowest BCUT2D eigenvalue weighted by Gasteiger charge is -2.15. The number of nitrogens with zero attached hydrogens (tertiary/aromatic N) is 3. The number of aromatic amines is 1. The van der Waals surface area contributed by atoms with Crippen molar-refractivity contribution in [2.24, 2.45) is 0 Å². The molecule has 0 unspecified atom stereocenters. The zero-order valence-corrected chi connectivity index (χ0v) is 16.2. The quantitative estimate of drug-likeness (QED) is 0.539. The average Bonchev–Trinajstić information content (AvgIpc) is 3.48. The predicted octanol–water partition coefficient (Wildman–Crippen LogP) is 3.41. The summed E-state index contributed by atoms with van der Waals surface area (Å²) >= 11 is 1.34. The highest BCUT2D eigenvalue weighted by atomic mass is 32.1. The first-order valence-corrected chi connectivity index (χ1v) is 10.2. The molecule has 1 aliphatic rings. The molecule has 4 aromatic heterocycles. The van der Waals surface area contributed by atoms with E-state index in [0.29, 0.717) is 22.1 Å². The van der Waals surface area contributed by atoms with Gasteiger partial charge >= 0.3 is 0 Å². The maximum absolute atomic E-state index is 12.6. The minimum Gasteiger partial charge on any atom is -0.463 e. The van der Waals surface area contributed by atoms with Crippen LogP contribution in [0.3, 0.4) is 0 Å². The van der Waals surface area contributed by atoms with Gasteiger partial charge in [-0.3, -0.25) is 14.6 Å². The largest absolute Gasteiger partial charge is 0.463 e. The number of furan rings is 1. The molecule has 0 aliphatic heterocycles. The Bertz CT molecular complexity index is 1220. The molecule has 146 valence electrons. The van der Waals surface area contributed by atoms with Crippen LogP contribution in [0, 0.1) is 0 Å². The molecular formula is C20H17N5O3S. The third kappa shape index (κ3) is 3.29. The molecular weight excluding hydrogens is 390 g/mol. The number of nitrogens with one attached hydrogen (secondary N) is 2. The Morgan fingerprint density at radius 2 is 2.14 bits per heavy atom. The van der Waals surface area contributed by atoms with E-state index in [1.54, 1.807) is 30.5 Å². The maximum Gasteiger partial charge on any atom is 0.266 e. The van der Waals surface area contributed by atoms with Crippen molar-refractivity contribution in [2.75, 3.05) is 5.32 Å². The first-order valence-electron chi connectivity index (χ1n) is 9.30. The van der Waals surface area contributed by atoms with Crippen molar-refractivity contribution in [1.29, 1.82) is 0 Å². The highest BCUT2D eigenvalue weighted by molar-refractivity contribution is 7.12. The molecule has 1 amide bonds. The SMILES string of the molecule is O=C(Nc1cc(-c2ccco2)nn1-c1nc2c(c(=O)[nH]1)CCCC2)c1cccs1. The summed E-state index contributed by atoms with van der Waals surface area (Å²) in [6.07, 6.45) is 5.04. The predicted molar refractivity (Wildman–Crippen MR) is 109 cm³/mol. The zero-order valence-electron chi connectivity index (χ0n) is 15.3. The van der Waals surface area contributed by atoms with Crippen molar-refractivity contribution in [3.8, 4) is 17.4 Å². The molecule has 0 bridgehead atoms.